The third-order valence-electron chi connectivity index (χ3n) is 16.2. The Kier molecular flexibility index (Phi) is 27.5. The highest BCUT2D eigenvalue weighted by molar-refractivity contribution is 7.89. The molecule has 576 valence electrons. The van der Waals surface area contributed by atoms with E-state index in [9.17, 15) is 56.4 Å². The van der Waals surface area contributed by atoms with Gasteiger partial charge in [-0.3, -0.25) is 82.8 Å². The highest BCUT2D eigenvalue weighted by Gasteiger charge is 2.17. The van der Waals surface area contributed by atoms with Gasteiger partial charge in [0.2, 0.25) is 10.0 Å². The molecule has 12 N–H and O–H groups in total. The van der Waals surface area contributed by atoms with Crippen molar-refractivity contribution >= 4 is 91.2 Å². The summed E-state index contributed by atoms with van der Waals surface area (Å²) in [4.78, 5) is 165. The van der Waals surface area contributed by atoms with Gasteiger partial charge in [-0.2, -0.15) is 0 Å². The molecule has 0 unspecified atom stereocenters. The minimum absolute atomic E-state index is 0.0693. The minimum Gasteiger partial charge on any atom is -0.327 e. The van der Waals surface area contributed by atoms with Gasteiger partial charge in [-0.05, 0) is 204 Å². The summed E-state index contributed by atoms with van der Waals surface area (Å²) >= 11 is 11.5. The molecule has 0 aliphatic heterocycles. The summed E-state index contributed by atoms with van der Waals surface area (Å²) in [6.45, 7) is 0. The number of H-pyrrole nitrogens is 5. The van der Waals surface area contributed by atoms with Gasteiger partial charge < -0.3 is 51.5 Å². The second-order valence-electron chi connectivity index (χ2n) is 24.0. The Hall–Kier alpha value is -15.8. The van der Waals surface area contributed by atoms with Crippen molar-refractivity contribution in [3.8, 4) is 55.6 Å². The highest BCUT2D eigenvalue weighted by Crippen LogP contribution is 2.25. The van der Waals surface area contributed by atoms with E-state index in [2.05, 4.69) is 91.4 Å². The van der Waals surface area contributed by atoms with E-state index in [-0.39, 0.29) is 73.1 Å². The fraction of sp³-hybridized carbons (Fsp3) is 0. The highest BCUT2D eigenvalue weighted by atomic mass is 35.5. The molecule has 5 amide bonds. The molecule has 13 aromatic heterocycles. The molecule has 34 heteroatoms. The van der Waals surface area contributed by atoms with Crippen LogP contribution in [0.2, 0.25) is 10.2 Å². The quantitative estimate of drug-likeness (QED) is 0.0400. The fourth-order valence-electron chi connectivity index (χ4n) is 10.3. The van der Waals surface area contributed by atoms with Gasteiger partial charge in [0.1, 0.15) is 39.3 Å². The number of sulfonamides is 1. The zero-order valence-corrected chi connectivity index (χ0v) is 62.3. The van der Waals surface area contributed by atoms with Crippen molar-refractivity contribution in [3.05, 3.63) is 390 Å². The Labute approximate surface area is 666 Å². The molecule has 0 bridgehead atoms. The summed E-state index contributed by atoms with van der Waals surface area (Å²) in [6, 6.07) is 48.9. The monoisotopic (exact) mass is 1610 g/mol. The normalized spacial score (nSPS) is 10.4. The molecular formula is C82H61Cl2N19O12S. The molecule has 15 aromatic rings. The van der Waals surface area contributed by atoms with E-state index < -0.39 is 38.9 Å². The van der Waals surface area contributed by atoms with Crippen LogP contribution in [-0.2, 0) is 10.0 Å². The largest absolute Gasteiger partial charge is 0.327 e. The van der Waals surface area contributed by atoms with Crippen molar-refractivity contribution in [3.63, 3.8) is 0 Å². The second-order valence-corrected chi connectivity index (χ2v) is 26.4. The van der Waals surface area contributed by atoms with Crippen LogP contribution in [0.3, 0.4) is 0 Å². The van der Waals surface area contributed by atoms with Gasteiger partial charge in [-0.1, -0.05) is 29.3 Å². The maximum absolute atomic E-state index is 12.3. The maximum Gasteiger partial charge on any atom is 0.274 e. The predicted octanol–water partition coefficient (Wildman–Crippen LogP) is 11.6. The van der Waals surface area contributed by atoms with Gasteiger partial charge in [-0.15, -0.1) is 0 Å². The Morgan fingerprint density at radius 3 is 0.905 bits per heavy atom. The lowest BCUT2D eigenvalue weighted by Gasteiger charge is -2.07. The first-order valence-electron chi connectivity index (χ1n) is 34.1. The molecule has 15 rings (SSSR count). The smallest absolute Gasteiger partial charge is 0.274 e. The van der Waals surface area contributed by atoms with Gasteiger partial charge >= 0.3 is 0 Å². The van der Waals surface area contributed by atoms with Crippen LogP contribution in [0, 0.1) is 0 Å². The number of halogens is 2. The number of hydrogen-bond acceptors (Lipinski definition) is 20. The number of carbonyl (C=O) groups is 5. The maximum atomic E-state index is 12.3. The topological polar surface area (TPSA) is 473 Å². The Morgan fingerprint density at radius 2 is 0.612 bits per heavy atom. The van der Waals surface area contributed by atoms with Crippen LogP contribution < -0.4 is 59.5 Å². The summed E-state index contributed by atoms with van der Waals surface area (Å²) in [5.41, 5.74) is 8.50. The number of rotatable bonds is 16. The lowest BCUT2D eigenvalue weighted by Crippen LogP contribution is -2.20. The van der Waals surface area contributed by atoms with E-state index >= 15 is 0 Å². The second kappa shape index (κ2) is 39.2. The first-order chi connectivity index (χ1) is 56.1. The zero-order valence-electron chi connectivity index (χ0n) is 60.0. The van der Waals surface area contributed by atoms with E-state index in [1.165, 1.54) is 61.2 Å². The van der Waals surface area contributed by atoms with Crippen LogP contribution in [0.1, 0.15) is 51.9 Å². The number of nitrogens with two attached hydrogens (primary N) is 1. The fourth-order valence-corrected chi connectivity index (χ4v) is 11.1. The molecule has 0 spiro atoms. The SMILES string of the molecule is NS(=O)(=O)c1ccc(C(=O)Nc2cc(-c3ccncc3)c[nH]c2=O)cc1.O=C(Nc1cc(-c2ccncc2)c[nH]c1=O)c1ccc(Cl)cc1.O=C(Nc1cc(-c2ccncc2)c[nH]c1=O)c1ccc(Cl)nc1.O=C(Nc1cc(-c2ccncc2)c[nH]c1=O)c1ccccn1.O=C(Nc1cc(-c2ccncc2)c[nH]c1=O)c1cccnc1. The summed E-state index contributed by atoms with van der Waals surface area (Å²) in [5.74, 6) is -2.18. The lowest BCUT2D eigenvalue weighted by atomic mass is 10.1. The number of nitrogens with one attached hydrogen (secondary N) is 10. The van der Waals surface area contributed by atoms with E-state index in [1.54, 1.807) is 190 Å². The number of aromatic nitrogens is 13. The third-order valence-corrected chi connectivity index (χ3v) is 17.6. The molecular weight excluding hydrogens is 1550 g/mol. The first-order valence-corrected chi connectivity index (χ1v) is 36.4. The molecule has 0 saturated carbocycles. The van der Waals surface area contributed by atoms with Crippen LogP contribution >= 0.6 is 23.2 Å². The van der Waals surface area contributed by atoms with E-state index in [1.807, 2.05) is 48.5 Å². The first kappa shape index (κ1) is 81.2. The molecule has 2 aromatic carbocycles. The van der Waals surface area contributed by atoms with Crippen LogP contribution in [-0.4, -0.2) is 103 Å². The van der Waals surface area contributed by atoms with Gasteiger partial charge in [0.05, 0.1) is 16.0 Å². The van der Waals surface area contributed by atoms with Crippen molar-refractivity contribution in [1.82, 2.24) is 64.8 Å². The van der Waals surface area contributed by atoms with E-state index in [4.69, 9.17) is 28.3 Å². The van der Waals surface area contributed by atoms with Gasteiger partial charge in [0, 0.05) is 162 Å². The molecule has 116 heavy (non-hydrogen) atoms. The standard InChI is InChI=1S/C17H12ClN3O2.C17H14N4O4S.C16H11ClN4O2.2C16H12N4O2/c18-14-3-1-12(2-4-14)16(22)21-15-9-13(10-20-17(15)23)11-5-7-19-8-6-11;18-26(24,25)14-3-1-12(2-4-14)16(22)21-15-9-13(10-20-17(15)23)11-5-7-19-8-6-11;17-14-2-1-11(8-19-14)15(22)21-13-7-12(9-20-16(13)23)10-3-5-18-6-4-10;21-15(12-2-1-5-18-9-12)20-14-8-13(10-19-16(14)22)11-3-6-17-7-4-11;21-15-14(20-16(22)13-3-1-2-6-18-13)9-12(10-19-15)11-4-7-17-8-5-11/h1-10H,(H,20,23)(H,21,22);1-10H,(H,20,23)(H,21,22)(H2,18,24,25);1-9H,(H,20,23)(H,21,22);1-10H,(H,19,22)(H,20,21);1-10H,(H,19,21)(H,20,22). The summed E-state index contributed by atoms with van der Waals surface area (Å²) in [5, 5.41) is 18.7. The number of carbonyl (C=O) groups excluding carboxylic acids is 5. The van der Waals surface area contributed by atoms with Crippen molar-refractivity contribution in [2.75, 3.05) is 26.6 Å². The van der Waals surface area contributed by atoms with Crippen molar-refractivity contribution in [1.29, 1.82) is 0 Å². The summed E-state index contributed by atoms with van der Waals surface area (Å²) < 4.78 is 22.5. The molecule has 31 nitrogen and oxygen atoms in total. The Bertz CT molecular complexity index is 6090. The zero-order chi connectivity index (χ0) is 81.9. The number of primary sulfonamides is 1. The summed E-state index contributed by atoms with van der Waals surface area (Å²) in [7, 11) is -3.84. The van der Waals surface area contributed by atoms with E-state index in [0.717, 1.165) is 50.1 Å². The number of amides is 5. The number of nitrogens with zero attached hydrogens (tertiary/aromatic N) is 8. The van der Waals surface area contributed by atoms with Crippen LogP contribution in [0.4, 0.5) is 28.4 Å². The Balaban J connectivity index is 0.000000143. The Morgan fingerprint density at radius 1 is 0.302 bits per heavy atom. The van der Waals surface area contributed by atoms with Gasteiger partial charge in [0.25, 0.3) is 57.3 Å². The van der Waals surface area contributed by atoms with Crippen LogP contribution in [0.25, 0.3) is 55.6 Å². The van der Waals surface area contributed by atoms with Crippen LogP contribution in [0.5, 0.6) is 0 Å². The van der Waals surface area contributed by atoms with E-state index in [0.29, 0.717) is 32.4 Å². The third kappa shape index (κ3) is 22.9. The van der Waals surface area contributed by atoms with Crippen molar-refractivity contribution in [2.24, 2.45) is 5.14 Å². The van der Waals surface area contributed by atoms with Gasteiger partial charge in [0.15, 0.2) is 0 Å². The molecule has 13 heterocycles. The number of aromatic amines is 5. The molecule has 0 atom stereocenters. The average molecular weight is 1610 g/mol. The predicted molar refractivity (Wildman–Crippen MR) is 438 cm³/mol. The van der Waals surface area contributed by atoms with Crippen LogP contribution in [0.15, 0.2) is 329 Å². The number of hydrogen-bond donors (Lipinski definition) is 11. The molecule has 0 radical (unpaired) electrons. The number of pyridine rings is 13. The van der Waals surface area contributed by atoms with Crippen molar-refractivity contribution in [2.45, 2.75) is 4.90 Å². The lowest BCUT2D eigenvalue weighted by molar-refractivity contribution is 0.101. The molecule has 0 fully saturated rings. The van der Waals surface area contributed by atoms with Crippen molar-refractivity contribution < 1.29 is 32.4 Å². The summed E-state index contributed by atoms with van der Waals surface area (Å²) in [6.07, 6.45) is 30.3. The average Bonchev–Trinajstić information content (AvgIpc) is 0.846. The number of benzene rings is 2. The minimum atomic E-state index is -3.84. The molecule has 0 aliphatic rings. The molecule has 0 saturated heterocycles. The molecule has 0 aliphatic carbocycles. The number of anilines is 5. The van der Waals surface area contributed by atoms with Gasteiger partial charge in [-0.25, -0.2) is 18.5 Å².